The van der Waals surface area contributed by atoms with Crippen LogP contribution in [0.15, 0.2) is 12.1 Å². The van der Waals surface area contributed by atoms with Gasteiger partial charge in [-0.05, 0) is 57.7 Å². The highest BCUT2D eigenvalue weighted by Gasteiger charge is 2.52. The van der Waals surface area contributed by atoms with E-state index in [2.05, 4.69) is 4.72 Å². The summed E-state index contributed by atoms with van der Waals surface area (Å²) in [5.41, 5.74) is 0.0154. The number of nitrogens with one attached hydrogen (secondary N) is 1. The van der Waals surface area contributed by atoms with E-state index < -0.39 is 45.3 Å². The van der Waals surface area contributed by atoms with Gasteiger partial charge in [0.25, 0.3) is 0 Å². The van der Waals surface area contributed by atoms with Crippen LogP contribution in [0.2, 0.25) is 0 Å². The maximum Gasteiger partial charge on any atom is 0.407 e. The molecule has 2 N–H and O–H groups in total. The number of rotatable bonds is 2. The number of halogens is 2. The third-order valence-electron chi connectivity index (χ3n) is 5.49. The van der Waals surface area contributed by atoms with E-state index in [9.17, 15) is 23.2 Å². The highest BCUT2D eigenvalue weighted by atomic mass is 32.2. The fraction of sp³-hybridized carbons (Fsp3) is 0.611. The number of nitrogens with zero attached hydrogens (tertiary/aromatic N) is 1. The largest absolute Gasteiger partial charge is 0.598 e. The number of likely N-dealkylation sites (tertiary alicyclic amines) is 1. The van der Waals surface area contributed by atoms with Gasteiger partial charge in [-0.2, -0.15) is 0 Å². The summed E-state index contributed by atoms with van der Waals surface area (Å²) < 4.78 is 44.2. The van der Waals surface area contributed by atoms with E-state index in [0.717, 1.165) is 12.1 Å². The molecule has 1 fully saturated rings. The van der Waals surface area contributed by atoms with Gasteiger partial charge in [-0.1, -0.05) is 0 Å². The van der Waals surface area contributed by atoms with Crippen molar-refractivity contribution in [2.45, 2.75) is 50.8 Å². The fourth-order valence-corrected chi connectivity index (χ4v) is 4.87. The second-order valence-electron chi connectivity index (χ2n) is 8.16. The lowest BCUT2D eigenvalue weighted by Crippen LogP contribution is -2.50. The molecule has 1 heterocycles. The Bertz CT molecular complexity index is 715. The number of hydrogen-bond acceptors (Lipinski definition) is 3. The molecule has 1 aromatic rings. The third kappa shape index (κ3) is 3.30. The van der Waals surface area contributed by atoms with E-state index in [4.69, 9.17) is 0 Å². The van der Waals surface area contributed by atoms with Crippen molar-refractivity contribution in [2.24, 2.45) is 5.41 Å². The van der Waals surface area contributed by atoms with E-state index in [1.54, 1.807) is 0 Å². The van der Waals surface area contributed by atoms with Gasteiger partial charge >= 0.3 is 6.09 Å². The van der Waals surface area contributed by atoms with Crippen molar-refractivity contribution in [3.8, 4) is 0 Å². The average molecular weight is 386 g/mol. The van der Waals surface area contributed by atoms with E-state index >= 15 is 0 Å². The molecular formula is C18H24F2N2O3S. The molecule has 2 aliphatic rings. The van der Waals surface area contributed by atoms with E-state index in [1.165, 1.54) is 4.90 Å². The second kappa shape index (κ2) is 6.65. The summed E-state index contributed by atoms with van der Waals surface area (Å²) in [6.45, 7) is 6.04. The van der Waals surface area contributed by atoms with Crippen molar-refractivity contribution in [3.63, 3.8) is 0 Å². The zero-order valence-electron chi connectivity index (χ0n) is 15.1. The summed E-state index contributed by atoms with van der Waals surface area (Å²) >= 11 is -1.46. The smallest absolute Gasteiger partial charge is 0.407 e. The Balaban J connectivity index is 1.98. The first-order valence-electron chi connectivity index (χ1n) is 8.68. The van der Waals surface area contributed by atoms with Crippen LogP contribution in [0.3, 0.4) is 0 Å². The second-order valence-corrected chi connectivity index (χ2v) is 10.2. The van der Waals surface area contributed by atoms with Crippen LogP contribution in [0.4, 0.5) is 13.6 Å². The Labute approximate surface area is 155 Å². The molecule has 1 aliphatic carbocycles. The highest BCUT2D eigenvalue weighted by molar-refractivity contribution is 7.90. The Morgan fingerprint density at radius 1 is 1.31 bits per heavy atom. The van der Waals surface area contributed by atoms with E-state index in [0.29, 0.717) is 37.9 Å². The molecule has 0 aromatic heterocycles. The van der Waals surface area contributed by atoms with Crippen molar-refractivity contribution in [1.29, 1.82) is 0 Å². The summed E-state index contributed by atoms with van der Waals surface area (Å²) in [4.78, 5) is 12.5. The van der Waals surface area contributed by atoms with Gasteiger partial charge < -0.3 is 14.6 Å². The number of piperidine rings is 1. The Kier molecular flexibility index (Phi) is 4.96. The minimum absolute atomic E-state index is 0.242. The van der Waals surface area contributed by atoms with Crippen LogP contribution < -0.4 is 4.72 Å². The SMILES string of the molecule is CC(C)(C)[S@@+]([O-])N[C@@H]1c2c(F)ccc(F)c2CC12CCN(C(=O)O)CC2. The summed E-state index contributed by atoms with van der Waals surface area (Å²) in [7, 11) is 0. The summed E-state index contributed by atoms with van der Waals surface area (Å²) in [6, 6.07) is 1.62. The van der Waals surface area contributed by atoms with Gasteiger partial charge in [0.05, 0.1) is 6.04 Å². The number of carbonyl (C=O) groups is 1. The lowest BCUT2D eigenvalue weighted by molar-refractivity contribution is 0.0757. The normalized spacial score (nSPS) is 23.2. The van der Waals surface area contributed by atoms with Crippen LogP contribution in [-0.4, -0.2) is 38.5 Å². The molecule has 5 nitrogen and oxygen atoms in total. The molecule has 144 valence electrons. The maximum absolute atomic E-state index is 14.6. The van der Waals surface area contributed by atoms with Gasteiger partial charge in [-0.15, -0.1) is 4.72 Å². The summed E-state index contributed by atoms with van der Waals surface area (Å²) in [5, 5.41) is 9.19. The molecule has 0 radical (unpaired) electrons. The molecule has 1 aromatic carbocycles. The molecule has 1 saturated heterocycles. The van der Waals surface area contributed by atoms with Crippen molar-refractivity contribution < 1.29 is 23.2 Å². The number of fused-ring (bicyclic) bond motifs is 1. The van der Waals surface area contributed by atoms with Gasteiger partial charge in [0.15, 0.2) is 0 Å². The van der Waals surface area contributed by atoms with Gasteiger partial charge in [-0.3, -0.25) is 0 Å². The summed E-state index contributed by atoms with van der Waals surface area (Å²) in [6.07, 6.45) is 0.256. The molecule has 0 unspecified atom stereocenters. The van der Waals surface area contributed by atoms with Crippen LogP contribution in [0.25, 0.3) is 0 Å². The quantitative estimate of drug-likeness (QED) is 0.764. The molecule has 8 heteroatoms. The molecule has 2 atom stereocenters. The van der Waals surface area contributed by atoms with Crippen LogP contribution in [-0.2, 0) is 17.8 Å². The number of carboxylic acid groups (broad SMARTS) is 1. The van der Waals surface area contributed by atoms with E-state index in [-0.39, 0.29) is 5.56 Å². The molecule has 0 bridgehead atoms. The Morgan fingerprint density at radius 2 is 1.88 bits per heavy atom. The van der Waals surface area contributed by atoms with Gasteiger partial charge in [0, 0.05) is 35.4 Å². The van der Waals surface area contributed by atoms with E-state index in [1.807, 2.05) is 20.8 Å². The molecule has 26 heavy (non-hydrogen) atoms. The monoisotopic (exact) mass is 386 g/mol. The maximum atomic E-state index is 14.6. The van der Waals surface area contributed by atoms with Crippen molar-refractivity contribution in [3.05, 3.63) is 34.9 Å². The predicted octanol–water partition coefficient (Wildman–Crippen LogP) is 3.37. The first-order valence-corrected chi connectivity index (χ1v) is 9.83. The molecule has 1 aliphatic heterocycles. The first kappa shape index (κ1) is 19.4. The van der Waals surface area contributed by atoms with Crippen molar-refractivity contribution in [1.82, 2.24) is 9.62 Å². The molecular weight excluding hydrogens is 362 g/mol. The van der Waals surface area contributed by atoms with Crippen molar-refractivity contribution in [2.75, 3.05) is 13.1 Å². The Hall–Kier alpha value is -1.38. The third-order valence-corrected chi connectivity index (χ3v) is 7.05. The van der Waals surface area contributed by atoms with Gasteiger partial charge in [0.2, 0.25) is 0 Å². The van der Waals surface area contributed by atoms with Crippen molar-refractivity contribution >= 4 is 17.5 Å². The Morgan fingerprint density at radius 3 is 2.42 bits per heavy atom. The minimum Gasteiger partial charge on any atom is -0.598 e. The zero-order valence-corrected chi connectivity index (χ0v) is 16.0. The standard InChI is InChI=1S/C18H24F2N2O3S/c1-17(2,3)26(25)21-15-14-11(12(19)4-5-13(14)20)10-18(15)6-8-22(9-7-18)16(23)24/h4-5,15,21H,6-10H2,1-3H3,(H,23,24)/t15-,26-/m1/s1. The zero-order chi connectivity index (χ0) is 19.3. The minimum atomic E-state index is -1.46. The lowest BCUT2D eigenvalue weighted by atomic mass is 9.73. The number of hydrogen-bond donors (Lipinski definition) is 2. The van der Waals surface area contributed by atoms with Crippen LogP contribution in [0.1, 0.15) is 50.8 Å². The van der Waals surface area contributed by atoms with Crippen LogP contribution >= 0.6 is 0 Å². The predicted molar refractivity (Wildman–Crippen MR) is 95.1 cm³/mol. The molecule has 1 spiro atoms. The van der Waals surface area contributed by atoms with Crippen LogP contribution in [0.5, 0.6) is 0 Å². The molecule has 0 saturated carbocycles. The van der Waals surface area contributed by atoms with Crippen LogP contribution in [0, 0.1) is 17.0 Å². The molecule has 3 rings (SSSR count). The first-order chi connectivity index (χ1) is 12.0. The topological polar surface area (TPSA) is 75.6 Å². The van der Waals surface area contributed by atoms with Gasteiger partial charge in [-0.25, -0.2) is 13.6 Å². The average Bonchev–Trinajstić information content (AvgIpc) is 2.86. The summed E-state index contributed by atoms with van der Waals surface area (Å²) in [5.74, 6) is -0.977. The number of amides is 1. The number of benzene rings is 1. The molecule has 1 amide bonds. The fourth-order valence-electron chi connectivity index (χ4n) is 3.94. The highest BCUT2D eigenvalue weighted by Crippen LogP contribution is 2.53. The lowest BCUT2D eigenvalue weighted by Gasteiger charge is -2.43. The van der Waals surface area contributed by atoms with Gasteiger partial charge in [0.1, 0.15) is 16.4 Å².